The van der Waals surface area contributed by atoms with Crippen LogP contribution in [-0.4, -0.2) is 9.13 Å². The first-order chi connectivity index (χ1) is 21.9. The molecule has 0 fully saturated rings. The van der Waals surface area contributed by atoms with Crippen LogP contribution in [0.25, 0.3) is 77.2 Å². The first-order valence-electron chi connectivity index (χ1n) is 15.1. The minimum atomic E-state index is 1.17. The maximum absolute atomic E-state index is 2.48. The monoisotopic (exact) mass is 560 g/mol. The first kappa shape index (κ1) is 24.7. The molecule has 0 radical (unpaired) electrons. The molecule has 7 aromatic carbocycles. The summed E-state index contributed by atoms with van der Waals surface area (Å²) in [5, 5.41) is 5.04. The summed E-state index contributed by atoms with van der Waals surface area (Å²) < 4.78 is 4.92. The van der Waals surface area contributed by atoms with Gasteiger partial charge in [0, 0.05) is 32.8 Å². The zero-order chi connectivity index (χ0) is 29.0. The number of para-hydroxylation sites is 3. The lowest BCUT2D eigenvalue weighted by Crippen LogP contribution is -1.98. The molecule has 0 saturated heterocycles. The summed E-state index contributed by atoms with van der Waals surface area (Å²) in [7, 11) is 0. The summed E-state index contributed by atoms with van der Waals surface area (Å²) in [5.74, 6) is 0. The van der Waals surface area contributed by atoms with Gasteiger partial charge < -0.3 is 9.13 Å². The van der Waals surface area contributed by atoms with Crippen molar-refractivity contribution in [2.75, 3.05) is 0 Å². The fourth-order valence-corrected chi connectivity index (χ4v) is 7.00. The Morgan fingerprint density at radius 3 is 1.66 bits per heavy atom. The maximum Gasteiger partial charge on any atom is 0.0641 e. The second-order valence-corrected chi connectivity index (χ2v) is 11.4. The van der Waals surface area contributed by atoms with Crippen molar-refractivity contribution < 1.29 is 0 Å². The van der Waals surface area contributed by atoms with E-state index in [1.807, 2.05) is 0 Å². The smallest absolute Gasteiger partial charge is 0.0641 e. The summed E-state index contributed by atoms with van der Waals surface area (Å²) in [4.78, 5) is 0. The Balaban J connectivity index is 1.46. The lowest BCUT2D eigenvalue weighted by Gasteiger charge is -2.16. The van der Waals surface area contributed by atoms with E-state index in [0.717, 1.165) is 0 Å². The molecule has 0 aliphatic rings. The number of aromatic nitrogens is 2. The molecule has 9 aromatic rings. The topological polar surface area (TPSA) is 9.86 Å². The van der Waals surface area contributed by atoms with E-state index < -0.39 is 0 Å². The molecular formula is C42H28N2. The van der Waals surface area contributed by atoms with Crippen LogP contribution in [0.5, 0.6) is 0 Å². The van der Waals surface area contributed by atoms with Crippen LogP contribution in [0.1, 0.15) is 0 Å². The second kappa shape index (κ2) is 9.86. The SMILES string of the molecule is c1ccc(-c2ccc(-c3ccccc3)c(-n3c4ccccc4c4c3ccc3c5ccccc5n(-c5ccccc5)c34)c2)cc1. The van der Waals surface area contributed by atoms with E-state index in [2.05, 4.69) is 179 Å². The zero-order valence-corrected chi connectivity index (χ0v) is 24.1. The van der Waals surface area contributed by atoms with Gasteiger partial charge in [0.1, 0.15) is 0 Å². The van der Waals surface area contributed by atoms with E-state index in [4.69, 9.17) is 0 Å². The molecule has 0 N–H and O–H groups in total. The average molecular weight is 561 g/mol. The third kappa shape index (κ3) is 3.68. The fraction of sp³-hybridized carbons (Fsp3) is 0. The van der Waals surface area contributed by atoms with Crippen LogP contribution in [0, 0.1) is 0 Å². The van der Waals surface area contributed by atoms with Crippen LogP contribution in [0.15, 0.2) is 170 Å². The van der Waals surface area contributed by atoms with Crippen molar-refractivity contribution in [3.8, 4) is 33.6 Å². The molecule has 0 spiro atoms. The summed E-state index contributed by atoms with van der Waals surface area (Å²) in [6.45, 7) is 0. The van der Waals surface area contributed by atoms with Gasteiger partial charge in [-0.25, -0.2) is 0 Å². The van der Waals surface area contributed by atoms with Gasteiger partial charge in [0.05, 0.1) is 27.8 Å². The highest BCUT2D eigenvalue weighted by molar-refractivity contribution is 6.26. The van der Waals surface area contributed by atoms with Crippen LogP contribution >= 0.6 is 0 Å². The Morgan fingerprint density at radius 1 is 0.341 bits per heavy atom. The fourth-order valence-electron chi connectivity index (χ4n) is 7.00. The summed E-state index contributed by atoms with van der Waals surface area (Å²) in [6, 6.07) is 61.4. The highest BCUT2D eigenvalue weighted by Gasteiger charge is 2.22. The predicted octanol–water partition coefficient (Wildman–Crippen LogP) is 11.2. The molecule has 0 amide bonds. The molecule has 2 heterocycles. The van der Waals surface area contributed by atoms with Crippen molar-refractivity contribution in [2.45, 2.75) is 0 Å². The lowest BCUT2D eigenvalue weighted by atomic mass is 9.98. The van der Waals surface area contributed by atoms with Gasteiger partial charge in [-0.3, -0.25) is 0 Å². The highest BCUT2D eigenvalue weighted by atomic mass is 15.0. The van der Waals surface area contributed by atoms with Crippen LogP contribution in [0.3, 0.4) is 0 Å². The average Bonchev–Trinajstić information content (AvgIpc) is 3.62. The van der Waals surface area contributed by atoms with Crippen LogP contribution < -0.4 is 0 Å². The Morgan fingerprint density at radius 2 is 0.932 bits per heavy atom. The Kier molecular flexibility index (Phi) is 5.54. The second-order valence-electron chi connectivity index (χ2n) is 11.4. The molecule has 0 bridgehead atoms. The zero-order valence-electron chi connectivity index (χ0n) is 24.1. The van der Waals surface area contributed by atoms with Crippen molar-refractivity contribution in [1.82, 2.24) is 9.13 Å². The molecule has 2 heteroatoms. The minimum Gasteiger partial charge on any atom is -0.309 e. The molecule has 0 aliphatic heterocycles. The largest absolute Gasteiger partial charge is 0.309 e. The summed E-state index contributed by atoms with van der Waals surface area (Å²) >= 11 is 0. The predicted molar refractivity (Wildman–Crippen MR) is 186 cm³/mol. The molecule has 206 valence electrons. The van der Waals surface area contributed by atoms with E-state index in [0.29, 0.717) is 0 Å². The molecule has 44 heavy (non-hydrogen) atoms. The van der Waals surface area contributed by atoms with Gasteiger partial charge in [0.25, 0.3) is 0 Å². The number of rotatable bonds is 4. The first-order valence-corrected chi connectivity index (χ1v) is 15.1. The van der Waals surface area contributed by atoms with E-state index in [1.165, 1.54) is 77.2 Å². The lowest BCUT2D eigenvalue weighted by molar-refractivity contribution is 1.17. The van der Waals surface area contributed by atoms with E-state index in [-0.39, 0.29) is 0 Å². The van der Waals surface area contributed by atoms with E-state index >= 15 is 0 Å². The number of benzene rings is 7. The molecule has 0 atom stereocenters. The number of nitrogens with zero attached hydrogens (tertiary/aromatic N) is 2. The van der Waals surface area contributed by atoms with E-state index in [1.54, 1.807) is 0 Å². The third-order valence-electron chi connectivity index (χ3n) is 8.91. The third-order valence-corrected chi connectivity index (χ3v) is 8.91. The van der Waals surface area contributed by atoms with Crippen LogP contribution in [0.4, 0.5) is 0 Å². The van der Waals surface area contributed by atoms with Crippen molar-refractivity contribution in [1.29, 1.82) is 0 Å². The van der Waals surface area contributed by atoms with Crippen molar-refractivity contribution in [3.63, 3.8) is 0 Å². The van der Waals surface area contributed by atoms with Crippen molar-refractivity contribution >= 4 is 43.6 Å². The Hall–Kier alpha value is -5.86. The van der Waals surface area contributed by atoms with Crippen molar-refractivity contribution in [2.24, 2.45) is 0 Å². The molecule has 9 rings (SSSR count). The molecule has 0 unspecified atom stereocenters. The highest BCUT2D eigenvalue weighted by Crippen LogP contribution is 2.43. The number of hydrogen-bond acceptors (Lipinski definition) is 0. The number of fused-ring (bicyclic) bond motifs is 7. The van der Waals surface area contributed by atoms with Crippen molar-refractivity contribution in [3.05, 3.63) is 170 Å². The minimum absolute atomic E-state index is 1.17. The molecule has 0 saturated carbocycles. The van der Waals surface area contributed by atoms with Crippen LogP contribution in [-0.2, 0) is 0 Å². The Labute approximate surface area is 255 Å². The summed E-state index contributed by atoms with van der Waals surface area (Å²) in [5.41, 5.74) is 12.0. The van der Waals surface area contributed by atoms with Gasteiger partial charge in [-0.1, -0.05) is 133 Å². The maximum atomic E-state index is 2.48. The molecular weight excluding hydrogens is 532 g/mol. The quantitative estimate of drug-likeness (QED) is 0.203. The van der Waals surface area contributed by atoms with Gasteiger partial charge >= 0.3 is 0 Å². The normalized spacial score (nSPS) is 11.6. The van der Waals surface area contributed by atoms with Crippen LogP contribution in [0.2, 0.25) is 0 Å². The molecule has 2 nitrogen and oxygen atoms in total. The Bertz CT molecular complexity index is 2470. The van der Waals surface area contributed by atoms with Gasteiger partial charge in [-0.2, -0.15) is 0 Å². The standard InChI is InChI=1S/C42H28N2/c1-4-14-29(15-5-1)31-24-25-33(30-16-6-2-7-17-30)40(28-31)44-38-23-13-11-21-36(38)41-39(44)27-26-35-34-20-10-12-22-37(34)43(42(35)41)32-18-8-3-9-19-32/h1-28H. The van der Waals surface area contributed by atoms with Gasteiger partial charge in [0.15, 0.2) is 0 Å². The molecule has 0 aliphatic carbocycles. The van der Waals surface area contributed by atoms with Gasteiger partial charge in [-0.15, -0.1) is 0 Å². The summed E-state index contributed by atoms with van der Waals surface area (Å²) in [6.07, 6.45) is 0. The van der Waals surface area contributed by atoms with Gasteiger partial charge in [0.2, 0.25) is 0 Å². The van der Waals surface area contributed by atoms with Gasteiger partial charge in [-0.05, 0) is 53.1 Å². The molecule has 2 aromatic heterocycles. The number of hydrogen-bond donors (Lipinski definition) is 0. The van der Waals surface area contributed by atoms with E-state index in [9.17, 15) is 0 Å².